The summed E-state index contributed by atoms with van der Waals surface area (Å²) in [7, 11) is 0. The first-order chi connectivity index (χ1) is 9.60. The van der Waals surface area contributed by atoms with Crippen LogP contribution in [-0.4, -0.2) is 13.2 Å². The fraction of sp³-hybridized carbons (Fsp3) is 0.625. The van der Waals surface area contributed by atoms with Crippen LogP contribution in [0.5, 0.6) is 11.5 Å². The van der Waals surface area contributed by atoms with E-state index in [9.17, 15) is 0 Å². The van der Waals surface area contributed by atoms with Gasteiger partial charge in [0.1, 0.15) is 0 Å². The van der Waals surface area contributed by atoms with Crippen LogP contribution in [-0.2, 0) is 5.54 Å². The number of nitrogens with two attached hydrogens (primary N) is 1. The summed E-state index contributed by atoms with van der Waals surface area (Å²) in [6.07, 6.45) is 6.73. The Labute approximate surface area is 124 Å². The Morgan fingerprint density at radius 2 is 1.55 bits per heavy atom. The van der Waals surface area contributed by atoms with Crippen LogP contribution in [0.3, 0.4) is 0 Å². The standard InChI is InChI=1S/C16H20ClNO2/c17-12-8-14-13(19-9-15(5-6-15)10-20-14)7-11(12)16(18)3-1-2-4-16/h7-8H,1-6,9-10,18H2. The van der Waals surface area contributed by atoms with E-state index in [0.29, 0.717) is 5.02 Å². The van der Waals surface area contributed by atoms with Crippen molar-refractivity contribution < 1.29 is 9.47 Å². The molecular weight excluding hydrogens is 274 g/mol. The monoisotopic (exact) mass is 293 g/mol. The molecule has 2 saturated carbocycles. The molecule has 2 fully saturated rings. The molecule has 0 unspecified atom stereocenters. The molecule has 1 heterocycles. The lowest BCUT2D eigenvalue weighted by atomic mass is 9.89. The van der Waals surface area contributed by atoms with E-state index in [0.717, 1.165) is 43.1 Å². The van der Waals surface area contributed by atoms with Gasteiger partial charge in [-0.2, -0.15) is 0 Å². The number of hydrogen-bond acceptors (Lipinski definition) is 3. The maximum atomic E-state index is 6.54. The first-order valence-electron chi connectivity index (χ1n) is 7.49. The van der Waals surface area contributed by atoms with Gasteiger partial charge in [0.05, 0.1) is 13.2 Å². The van der Waals surface area contributed by atoms with E-state index < -0.39 is 0 Å². The first kappa shape index (κ1) is 12.8. The van der Waals surface area contributed by atoms with Crippen molar-refractivity contribution in [2.75, 3.05) is 13.2 Å². The molecule has 1 aromatic carbocycles. The van der Waals surface area contributed by atoms with Gasteiger partial charge >= 0.3 is 0 Å². The van der Waals surface area contributed by atoms with E-state index in [2.05, 4.69) is 0 Å². The minimum absolute atomic E-state index is 0.249. The number of benzene rings is 1. The summed E-state index contributed by atoms with van der Waals surface area (Å²) in [6, 6.07) is 3.91. The first-order valence-corrected chi connectivity index (χ1v) is 7.87. The van der Waals surface area contributed by atoms with Crippen molar-refractivity contribution >= 4 is 11.6 Å². The fourth-order valence-corrected chi connectivity index (χ4v) is 3.73. The van der Waals surface area contributed by atoms with Crippen LogP contribution in [0.2, 0.25) is 5.02 Å². The molecule has 0 amide bonds. The third-order valence-electron chi connectivity index (χ3n) is 5.09. The van der Waals surface area contributed by atoms with Crippen molar-refractivity contribution in [1.29, 1.82) is 0 Å². The summed E-state index contributed by atoms with van der Waals surface area (Å²) in [5.74, 6) is 1.58. The number of hydrogen-bond donors (Lipinski definition) is 1. The SMILES string of the molecule is NC1(c2cc3c(cc2Cl)OCC2(CC2)CO3)CCCC1. The van der Waals surface area contributed by atoms with Gasteiger partial charge in [-0.15, -0.1) is 0 Å². The van der Waals surface area contributed by atoms with Gasteiger partial charge in [0, 0.05) is 22.0 Å². The summed E-state index contributed by atoms with van der Waals surface area (Å²) < 4.78 is 11.9. The third-order valence-corrected chi connectivity index (χ3v) is 5.40. The number of fused-ring (bicyclic) bond motifs is 1. The maximum Gasteiger partial charge on any atom is 0.162 e. The molecule has 0 radical (unpaired) electrons. The molecule has 1 aromatic rings. The van der Waals surface area contributed by atoms with Crippen LogP contribution in [0, 0.1) is 5.41 Å². The molecule has 20 heavy (non-hydrogen) atoms. The van der Waals surface area contributed by atoms with Crippen molar-refractivity contribution in [1.82, 2.24) is 0 Å². The zero-order valence-corrected chi connectivity index (χ0v) is 12.3. The predicted molar refractivity (Wildman–Crippen MR) is 78.4 cm³/mol. The number of rotatable bonds is 1. The quantitative estimate of drug-likeness (QED) is 0.860. The minimum atomic E-state index is -0.293. The molecule has 108 valence electrons. The molecule has 3 aliphatic rings. The molecule has 3 nitrogen and oxygen atoms in total. The van der Waals surface area contributed by atoms with Crippen molar-refractivity contribution in [3.63, 3.8) is 0 Å². The second kappa shape index (κ2) is 4.28. The van der Waals surface area contributed by atoms with Crippen LogP contribution in [0.4, 0.5) is 0 Å². The molecule has 1 spiro atoms. The largest absolute Gasteiger partial charge is 0.489 e. The lowest BCUT2D eigenvalue weighted by Gasteiger charge is -2.26. The molecule has 0 saturated heterocycles. The van der Waals surface area contributed by atoms with Crippen LogP contribution < -0.4 is 15.2 Å². The topological polar surface area (TPSA) is 44.5 Å². The van der Waals surface area contributed by atoms with Gasteiger partial charge in [-0.25, -0.2) is 0 Å². The van der Waals surface area contributed by atoms with Crippen molar-refractivity contribution in [3.8, 4) is 11.5 Å². The lowest BCUT2D eigenvalue weighted by Crippen LogP contribution is -2.33. The smallest absolute Gasteiger partial charge is 0.162 e. The van der Waals surface area contributed by atoms with E-state index in [1.807, 2.05) is 12.1 Å². The average molecular weight is 294 g/mol. The fourth-order valence-electron chi connectivity index (χ4n) is 3.39. The van der Waals surface area contributed by atoms with Gasteiger partial charge in [0.15, 0.2) is 11.5 Å². The zero-order valence-electron chi connectivity index (χ0n) is 11.6. The highest BCUT2D eigenvalue weighted by Gasteiger charge is 2.46. The predicted octanol–water partition coefficient (Wildman–Crippen LogP) is 3.62. The normalized spacial score (nSPS) is 25.5. The second-order valence-electron chi connectivity index (χ2n) is 6.72. The Morgan fingerprint density at radius 3 is 2.15 bits per heavy atom. The highest BCUT2D eigenvalue weighted by molar-refractivity contribution is 6.31. The Hall–Kier alpha value is -0.930. The highest BCUT2D eigenvalue weighted by Crippen LogP contribution is 2.50. The molecule has 0 bridgehead atoms. The van der Waals surface area contributed by atoms with Crippen molar-refractivity contribution in [3.05, 3.63) is 22.7 Å². The van der Waals surface area contributed by atoms with Crippen LogP contribution in [0.15, 0.2) is 12.1 Å². The van der Waals surface area contributed by atoms with Crippen LogP contribution in [0.1, 0.15) is 44.1 Å². The van der Waals surface area contributed by atoms with Gasteiger partial charge in [-0.1, -0.05) is 24.4 Å². The summed E-state index contributed by atoms with van der Waals surface area (Å²) in [5.41, 5.74) is 7.51. The molecule has 0 aromatic heterocycles. The van der Waals surface area contributed by atoms with Gasteiger partial charge in [-0.3, -0.25) is 0 Å². The van der Waals surface area contributed by atoms with E-state index in [1.165, 1.54) is 25.7 Å². The summed E-state index contributed by atoms with van der Waals surface area (Å²) in [5, 5.41) is 0.712. The number of halogens is 1. The minimum Gasteiger partial charge on any atom is -0.489 e. The van der Waals surface area contributed by atoms with E-state index in [-0.39, 0.29) is 11.0 Å². The Morgan fingerprint density at radius 1 is 0.950 bits per heavy atom. The van der Waals surface area contributed by atoms with E-state index in [4.69, 9.17) is 26.8 Å². The average Bonchev–Trinajstić information content (AvgIpc) is 3.12. The summed E-state index contributed by atoms with van der Waals surface area (Å²) >= 11 is 6.46. The van der Waals surface area contributed by atoms with Crippen molar-refractivity contribution in [2.24, 2.45) is 11.1 Å². The van der Waals surface area contributed by atoms with Crippen molar-refractivity contribution in [2.45, 2.75) is 44.1 Å². The molecule has 4 rings (SSSR count). The summed E-state index contributed by atoms with van der Waals surface area (Å²) in [4.78, 5) is 0. The molecule has 2 aliphatic carbocycles. The summed E-state index contributed by atoms with van der Waals surface area (Å²) in [6.45, 7) is 1.49. The van der Waals surface area contributed by atoms with E-state index >= 15 is 0 Å². The van der Waals surface area contributed by atoms with Crippen LogP contribution >= 0.6 is 11.6 Å². The molecule has 0 atom stereocenters. The van der Waals surface area contributed by atoms with Gasteiger partial charge < -0.3 is 15.2 Å². The van der Waals surface area contributed by atoms with Gasteiger partial charge in [-0.05, 0) is 37.3 Å². The molecular formula is C16H20ClNO2. The third kappa shape index (κ3) is 1.99. The van der Waals surface area contributed by atoms with Gasteiger partial charge in [0.25, 0.3) is 0 Å². The van der Waals surface area contributed by atoms with Crippen LogP contribution in [0.25, 0.3) is 0 Å². The lowest BCUT2D eigenvalue weighted by molar-refractivity contribution is 0.197. The molecule has 1 aliphatic heterocycles. The van der Waals surface area contributed by atoms with Gasteiger partial charge in [0.2, 0.25) is 0 Å². The molecule has 2 N–H and O–H groups in total. The molecule has 4 heteroatoms. The second-order valence-corrected chi connectivity index (χ2v) is 7.13. The Balaban J connectivity index is 1.71. The number of ether oxygens (including phenoxy) is 2. The highest BCUT2D eigenvalue weighted by atomic mass is 35.5. The Bertz CT molecular complexity index is 548. The Kier molecular flexibility index (Phi) is 2.74. The maximum absolute atomic E-state index is 6.54. The zero-order chi connectivity index (χ0) is 13.8. The van der Waals surface area contributed by atoms with E-state index in [1.54, 1.807) is 0 Å².